The van der Waals surface area contributed by atoms with E-state index in [0.29, 0.717) is 17.1 Å². The normalized spacial score (nSPS) is 16.0. The highest BCUT2D eigenvalue weighted by molar-refractivity contribution is 7.18. The highest BCUT2D eigenvalue weighted by atomic mass is 32.1. The van der Waals surface area contributed by atoms with Gasteiger partial charge in [0.1, 0.15) is 12.0 Å². The highest BCUT2D eigenvalue weighted by Gasteiger charge is 2.47. The fraction of sp³-hybridized carbons (Fsp3) is 0.105. The molecule has 1 aliphatic heterocycles. The molecule has 0 aliphatic carbocycles. The van der Waals surface area contributed by atoms with Crippen molar-refractivity contribution >= 4 is 38.8 Å². The summed E-state index contributed by atoms with van der Waals surface area (Å²) in [5.74, 6) is -2.49. The summed E-state index contributed by atoms with van der Waals surface area (Å²) in [6.07, 6.45) is 0.935. The van der Waals surface area contributed by atoms with E-state index >= 15 is 0 Å². The average molecular weight is 456 g/mol. The standard InChI is InChI=1S/C19H12N4O8S/c1-9-5-6-12(31-9)16(24)14-15(10-3-2-4-11(7-10)22(27)28)21(18(26)17(14)25)19-20-8-13(32-19)23(29)30/h2-8,15,25H,1H3. The van der Waals surface area contributed by atoms with Gasteiger partial charge >= 0.3 is 5.00 Å². The summed E-state index contributed by atoms with van der Waals surface area (Å²) in [5.41, 5.74) is -0.573. The zero-order valence-electron chi connectivity index (χ0n) is 16.1. The van der Waals surface area contributed by atoms with Crippen LogP contribution in [-0.4, -0.2) is 31.6 Å². The molecule has 162 valence electrons. The molecule has 1 aromatic carbocycles. The maximum absolute atomic E-state index is 13.2. The Morgan fingerprint density at radius 2 is 1.97 bits per heavy atom. The van der Waals surface area contributed by atoms with Gasteiger partial charge in [-0.25, -0.2) is 4.98 Å². The van der Waals surface area contributed by atoms with Gasteiger partial charge in [-0.05, 0) is 36.0 Å². The van der Waals surface area contributed by atoms with Crippen molar-refractivity contribution in [3.8, 4) is 0 Å². The lowest BCUT2D eigenvalue weighted by Crippen LogP contribution is -2.31. The number of rotatable bonds is 6. The van der Waals surface area contributed by atoms with Crippen LogP contribution in [0, 0.1) is 27.2 Å². The van der Waals surface area contributed by atoms with Crippen LogP contribution in [0.4, 0.5) is 15.8 Å². The number of thiazole rings is 1. The number of carbonyl (C=O) groups is 2. The number of non-ortho nitro benzene ring substituents is 1. The fourth-order valence-electron chi connectivity index (χ4n) is 3.30. The Morgan fingerprint density at radius 1 is 1.22 bits per heavy atom. The lowest BCUT2D eigenvalue weighted by molar-refractivity contribution is -0.384. The fourth-order valence-corrected chi connectivity index (χ4v) is 4.06. The molecule has 0 saturated carbocycles. The van der Waals surface area contributed by atoms with Crippen LogP contribution in [-0.2, 0) is 4.79 Å². The van der Waals surface area contributed by atoms with Crippen LogP contribution in [0.2, 0.25) is 0 Å². The van der Waals surface area contributed by atoms with Gasteiger partial charge in [0.25, 0.3) is 11.6 Å². The number of aryl methyl sites for hydroxylation is 1. The van der Waals surface area contributed by atoms with Crippen molar-refractivity contribution in [2.24, 2.45) is 0 Å². The summed E-state index contributed by atoms with van der Waals surface area (Å²) in [6, 6.07) is 6.71. The van der Waals surface area contributed by atoms with Crippen LogP contribution in [0.1, 0.15) is 27.9 Å². The summed E-state index contributed by atoms with van der Waals surface area (Å²) in [7, 11) is 0. The second kappa shape index (κ2) is 7.70. The summed E-state index contributed by atoms with van der Waals surface area (Å²) in [6.45, 7) is 1.60. The van der Waals surface area contributed by atoms with Crippen molar-refractivity contribution in [3.63, 3.8) is 0 Å². The first kappa shape index (κ1) is 20.9. The molecule has 3 aromatic rings. The van der Waals surface area contributed by atoms with Crippen LogP contribution in [0.5, 0.6) is 0 Å². The molecule has 1 amide bonds. The molecule has 0 spiro atoms. The van der Waals surface area contributed by atoms with Crippen molar-refractivity contribution in [1.29, 1.82) is 0 Å². The molecule has 0 fully saturated rings. The van der Waals surface area contributed by atoms with Crippen LogP contribution in [0.25, 0.3) is 0 Å². The highest BCUT2D eigenvalue weighted by Crippen LogP contribution is 2.44. The predicted octanol–water partition coefficient (Wildman–Crippen LogP) is 3.64. The lowest BCUT2D eigenvalue weighted by Gasteiger charge is -2.23. The number of ketones is 1. The van der Waals surface area contributed by atoms with E-state index in [1.54, 1.807) is 6.92 Å². The van der Waals surface area contributed by atoms with E-state index in [2.05, 4.69) is 4.98 Å². The molecule has 13 heteroatoms. The number of benzene rings is 1. The SMILES string of the molecule is Cc1ccc(C(=O)C2=C(O)C(=O)N(c3ncc([N+](=O)[O-])s3)C2c2cccc([N+](=O)[O-])c2)o1. The summed E-state index contributed by atoms with van der Waals surface area (Å²) >= 11 is 0.555. The Balaban J connectivity index is 1.90. The van der Waals surface area contributed by atoms with E-state index in [-0.39, 0.29) is 32.7 Å². The Kier molecular flexibility index (Phi) is 5.02. The van der Waals surface area contributed by atoms with Crippen LogP contribution in [0.3, 0.4) is 0 Å². The molecule has 4 rings (SSSR count). The minimum absolute atomic E-state index is 0.126. The summed E-state index contributed by atoms with van der Waals surface area (Å²) in [5, 5.41) is 32.4. The van der Waals surface area contributed by atoms with Crippen molar-refractivity contribution in [2.45, 2.75) is 13.0 Å². The average Bonchev–Trinajstić information content (AvgIpc) is 3.47. The number of nitro groups is 2. The van der Waals surface area contributed by atoms with Crippen molar-refractivity contribution in [3.05, 3.63) is 91.2 Å². The molecule has 3 heterocycles. The number of nitro benzene ring substituents is 1. The number of nitrogens with zero attached hydrogens (tertiary/aromatic N) is 4. The number of Topliss-reactive ketones (excluding diaryl/α,β-unsaturated/α-hetero) is 1. The van der Waals surface area contributed by atoms with E-state index in [1.165, 1.54) is 30.3 Å². The quantitative estimate of drug-likeness (QED) is 0.330. The Morgan fingerprint density at radius 3 is 2.56 bits per heavy atom. The zero-order valence-corrected chi connectivity index (χ0v) is 16.9. The van der Waals surface area contributed by atoms with Crippen molar-refractivity contribution in [2.75, 3.05) is 4.90 Å². The monoisotopic (exact) mass is 456 g/mol. The van der Waals surface area contributed by atoms with Gasteiger partial charge in [0.15, 0.2) is 16.7 Å². The largest absolute Gasteiger partial charge is 0.503 e. The van der Waals surface area contributed by atoms with Gasteiger partial charge in [-0.15, -0.1) is 0 Å². The minimum atomic E-state index is -1.33. The molecule has 0 bridgehead atoms. The second-order valence-corrected chi connectivity index (χ2v) is 7.66. The first-order valence-electron chi connectivity index (χ1n) is 8.91. The Bertz CT molecular complexity index is 1320. The predicted molar refractivity (Wildman–Crippen MR) is 110 cm³/mol. The zero-order chi connectivity index (χ0) is 23.2. The van der Waals surface area contributed by atoms with E-state index in [9.17, 15) is 34.9 Å². The first-order valence-corrected chi connectivity index (χ1v) is 9.73. The molecule has 2 aromatic heterocycles. The van der Waals surface area contributed by atoms with Gasteiger partial charge in [0, 0.05) is 12.1 Å². The maximum atomic E-state index is 13.2. The Labute approximate surface area is 182 Å². The molecule has 0 saturated heterocycles. The van der Waals surface area contributed by atoms with Gasteiger partial charge < -0.3 is 9.52 Å². The number of aliphatic hydroxyl groups excluding tert-OH is 1. The second-order valence-electron chi connectivity index (χ2n) is 6.67. The third kappa shape index (κ3) is 3.39. The molecule has 12 nitrogen and oxygen atoms in total. The molecule has 1 N–H and O–H groups in total. The van der Waals surface area contributed by atoms with Gasteiger partial charge in [-0.2, -0.15) is 0 Å². The number of hydrogen-bond acceptors (Lipinski definition) is 10. The molecule has 0 radical (unpaired) electrons. The number of furan rings is 1. The number of amides is 1. The van der Waals surface area contributed by atoms with Crippen molar-refractivity contribution < 1.29 is 29.0 Å². The number of anilines is 1. The lowest BCUT2D eigenvalue weighted by atomic mass is 9.95. The number of aliphatic hydroxyl groups is 1. The molecule has 1 aliphatic rings. The molecule has 1 atom stereocenters. The van der Waals surface area contributed by atoms with Gasteiger partial charge in [-0.3, -0.25) is 34.7 Å². The third-order valence-corrected chi connectivity index (χ3v) is 5.63. The molecule has 1 unspecified atom stereocenters. The van der Waals surface area contributed by atoms with E-state index in [0.717, 1.165) is 17.2 Å². The number of hydrogen-bond donors (Lipinski definition) is 1. The molecule has 32 heavy (non-hydrogen) atoms. The van der Waals surface area contributed by atoms with Crippen LogP contribution < -0.4 is 4.90 Å². The van der Waals surface area contributed by atoms with E-state index in [1.807, 2.05) is 0 Å². The Hall–Kier alpha value is -4.39. The first-order chi connectivity index (χ1) is 15.2. The smallest absolute Gasteiger partial charge is 0.345 e. The summed E-state index contributed by atoms with van der Waals surface area (Å²) in [4.78, 5) is 51.9. The molecular weight excluding hydrogens is 444 g/mol. The van der Waals surface area contributed by atoms with Gasteiger partial charge in [-0.1, -0.05) is 12.1 Å². The van der Waals surface area contributed by atoms with E-state index in [4.69, 9.17) is 4.42 Å². The third-order valence-electron chi connectivity index (χ3n) is 4.68. The number of aromatic nitrogens is 1. The van der Waals surface area contributed by atoms with Gasteiger partial charge in [0.05, 0.1) is 21.5 Å². The summed E-state index contributed by atoms with van der Waals surface area (Å²) < 4.78 is 5.33. The molecular formula is C19H12N4O8S. The van der Waals surface area contributed by atoms with Crippen molar-refractivity contribution in [1.82, 2.24) is 4.98 Å². The number of carbonyl (C=O) groups excluding carboxylic acids is 2. The topological polar surface area (TPSA) is 170 Å². The van der Waals surface area contributed by atoms with Crippen LogP contribution >= 0.6 is 11.3 Å². The minimum Gasteiger partial charge on any atom is -0.503 e. The van der Waals surface area contributed by atoms with Gasteiger partial charge in [0.2, 0.25) is 5.78 Å². The van der Waals surface area contributed by atoms with E-state index < -0.39 is 33.3 Å². The van der Waals surface area contributed by atoms with Crippen LogP contribution in [0.15, 0.2) is 58.3 Å². The maximum Gasteiger partial charge on any atom is 0.345 e.